The zero-order chi connectivity index (χ0) is 17.1. The maximum atomic E-state index is 11.7. The maximum absolute atomic E-state index is 11.7. The minimum atomic E-state index is -1.04. The van der Waals surface area contributed by atoms with Crippen molar-refractivity contribution in [2.45, 2.75) is 58.0 Å². The van der Waals surface area contributed by atoms with Gasteiger partial charge in [-0.05, 0) is 72.7 Å². The molecule has 4 rings (SSSR count). The molecular formula is C22H26O2. The van der Waals surface area contributed by atoms with Gasteiger partial charge in [0.15, 0.2) is 5.78 Å². The van der Waals surface area contributed by atoms with Crippen LogP contribution < -0.4 is 0 Å². The molecule has 0 heterocycles. The SMILES string of the molecule is C#C[C@]1(O)[C@H](CC)C[C@H]2[C@@H]3CCC4=CC(=O)CCC4=C3C=C[C@@]21C. The van der Waals surface area contributed by atoms with Gasteiger partial charge in [-0.25, -0.2) is 0 Å². The molecule has 0 aliphatic heterocycles. The van der Waals surface area contributed by atoms with Crippen LogP contribution in [0.15, 0.2) is 34.9 Å². The van der Waals surface area contributed by atoms with E-state index in [2.05, 4.69) is 31.9 Å². The number of hydrogen-bond acceptors (Lipinski definition) is 2. The van der Waals surface area contributed by atoms with Gasteiger partial charge < -0.3 is 5.11 Å². The summed E-state index contributed by atoms with van der Waals surface area (Å²) in [6.45, 7) is 4.28. The van der Waals surface area contributed by atoms with E-state index in [9.17, 15) is 9.90 Å². The number of carbonyl (C=O) groups excluding carboxylic acids is 1. The number of carbonyl (C=O) groups is 1. The fourth-order valence-electron chi connectivity index (χ4n) is 5.92. The van der Waals surface area contributed by atoms with E-state index < -0.39 is 5.60 Å². The molecule has 0 aromatic rings. The van der Waals surface area contributed by atoms with E-state index >= 15 is 0 Å². The topological polar surface area (TPSA) is 37.3 Å². The Labute approximate surface area is 144 Å². The molecule has 0 unspecified atom stereocenters. The highest BCUT2D eigenvalue weighted by Crippen LogP contribution is 2.63. The van der Waals surface area contributed by atoms with Crippen molar-refractivity contribution in [3.63, 3.8) is 0 Å². The molecule has 5 atom stereocenters. The largest absolute Gasteiger partial charge is 0.376 e. The Morgan fingerprint density at radius 3 is 2.88 bits per heavy atom. The first kappa shape index (κ1) is 15.9. The molecule has 0 radical (unpaired) electrons. The molecule has 0 aromatic carbocycles. The van der Waals surface area contributed by atoms with Crippen LogP contribution in [-0.2, 0) is 4.79 Å². The van der Waals surface area contributed by atoms with E-state index in [0.29, 0.717) is 18.3 Å². The summed E-state index contributed by atoms with van der Waals surface area (Å²) in [6.07, 6.45) is 17.6. The lowest BCUT2D eigenvalue weighted by molar-refractivity contribution is -0.114. The molecule has 1 saturated carbocycles. The average molecular weight is 322 g/mol. The van der Waals surface area contributed by atoms with Crippen molar-refractivity contribution in [3.8, 4) is 12.3 Å². The van der Waals surface area contributed by atoms with E-state index in [1.54, 1.807) is 0 Å². The molecule has 0 bridgehead atoms. The highest BCUT2D eigenvalue weighted by Gasteiger charge is 2.62. The van der Waals surface area contributed by atoms with Crippen LogP contribution in [0.4, 0.5) is 0 Å². The van der Waals surface area contributed by atoms with Crippen molar-refractivity contribution in [1.82, 2.24) is 0 Å². The van der Waals surface area contributed by atoms with Gasteiger partial charge in [0.25, 0.3) is 0 Å². The molecule has 4 aliphatic rings. The highest BCUT2D eigenvalue weighted by molar-refractivity contribution is 5.93. The van der Waals surface area contributed by atoms with Crippen LogP contribution in [0.1, 0.15) is 52.4 Å². The third kappa shape index (κ3) is 1.85. The van der Waals surface area contributed by atoms with Gasteiger partial charge in [-0.3, -0.25) is 4.79 Å². The van der Waals surface area contributed by atoms with Gasteiger partial charge >= 0.3 is 0 Å². The molecule has 0 aromatic heterocycles. The van der Waals surface area contributed by atoms with Crippen LogP contribution in [0.3, 0.4) is 0 Å². The van der Waals surface area contributed by atoms with Crippen LogP contribution >= 0.6 is 0 Å². The van der Waals surface area contributed by atoms with E-state index in [0.717, 1.165) is 32.1 Å². The van der Waals surface area contributed by atoms with Gasteiger partial charge in [0.2, 0.25) is 0 Å². The number of fused-ring (bicyclic) bond motifs is 4. The molecule has 1 fully saturated rings. The van der Waals surface area contributed by atoms with Crippen LogP contribution in [0.5, 0.6) is 0 Å². The number of hydrogen-bond donors (Lipinski definition) is 1. The maximum Gasteiger partial charge on any atom is 0.156 e. The van der Waals surface area contributed by atoms with E-state index in [1.165, 1.54) is 16.7 Å². The Morgan fingerprint density at radius 2 is 2.17 bits per heavy atom. The fraction of sp³-hybridized carbons (Fsp3) is 0.591. The number of terminal acetylenes is 1. The lowest BCUT2D eigenvalue weighted by atomic mass is 9.58. The van der Waals surface area contributed by atoms with Crippen molar-refractivity contribution in [2.24, 2.45) is 23.2 Å². The Kier molecular flexibility index (Phi) is 3.45. The summed E-state index contributed by atoms with van der Waals surface area (Å²) in [5.74, 6) is 4.07. The summed E-state index contributed by atoms with van der Waals surface area (Å²) in [5, 5.41) is 11.3. The third-order valence-electron chi connectivity index (χ3n) is 7.35. The molecular weight excluding hydrogens is 296 g/mol. The minimum Gasteiger partial charge on any atom is -0.376 e. The normalized spacial score (nSPS) is 43.7. The monoisotopic (exact) mass is 322 g/mol. The second kappa shape index (κ2) is 5.20. The zero-order valence-electron chi connectivity index (χ0n) is 14.6. The number of ketones is 1. The molecule has 2 heteroatoms. The lowest BCUT2D eigenvalue weighted by Gasteiger charge is -2.47. The van der Waals surface area contributed by atoms with E-state index in [4.69, 9.17) is 6.42 Å². The average Bonchev–Trinajstić information content (AvgIpc) is 2.82. The highest BCUT2D eigenvalue weighted by atomic mass is 16.3. The van der Waals surface area contributed by atoms with Gasteiger partial charge in [0, 0.05) is 11.8 Å². The van der Waals surface area contributed by atoms with Gasteiger partial charge in [0.05, 0.1) is 0 Å². The second-order valence-corrected chi connectivity index (χ2v) is 8.19. The molecule has 4 aliphatic carbocycles. The van der Waals surface area contributed by atoms with E-state index in [1.807, 2.05) is 6.08 Å². The first-order chi connectivity index (χ1) is 11.4. The predicted molar refractivity (Wildman–Crippen MR) is 95.0 cm³/mol. The molecule has 126 valence electrons. The van der Waals surface area contributed by atoms with Crippen LogP contribution in [-0.4, -0.2) is 16.5 Å². The summed E-state index contributed by atoms with van der Waals surface area (Å²) in [5.41, 5.74) is 2.68. The molecule has 1 N–H and O–H groups in total. The number of allylic oxidation sites excluding steroid dienone is 5. The Morgan fingerprint density at radius 1 is 1.38 bits per heavy atom. The quantitative estimate of drug-likeness (QED) is 0.742. The Bertz CT molecular complexity index is 732. The van der Waals surface area contributed by atoms with Gasteiger partial charge in [-0.15, -0.1) is 6.42 Å². The van der Waals surface area contributed by atoms with Crippen LogP contribution in [0.2, 0.25) is 0 Å². The van der Waals surface area contributed by atoms with Gasteiger partial charge in [-0.2, -0.15) is 0 Å². The number of rotatable bonds is 1. The van der Waals surface area contributed by atoms with Gasteiger partial charge in [0.1, 0.15) is 5.60 Å². The Hall–Kier alpha value is -1.59. The molecule has 0 saturated heterocycles. The predicted octanol–water partition coefficient (Wildman–Crippen LogP) is 3.97. The van der Waals surface area contributed by atoms with Crippen molar-refractivity contribution >= 4 is 5.78 Å². The van der Waals surface area contributed by atoms with Crippen molar-refractivity contribution in [2.75, 3.05) is 0 Å². The lowest BCUT2D eigenvalue weighted by Crippen LogP contribution is -2.49. The zero-order valence-corrected chi connectivity index (χ0v) is 14.6. The third-order valence-corrected chi connectivity index (χ3v) is 7.35. The Balaban J connectivity index is 1.83. The standard InChI is InChI=1S/C22H26O2/c1-4-15-13-20-19-8-6-14-12-16(23)7-9-17(14)18(19)10-11-21(20,3)22(15,24)5-2/h2,10-12,15,19-20,24H,4,6-9,13H2,1,3H3/t15-,19-,20+,21+,22+/m1/s1. The molecule has 0 spiro atoms. The molecule has 0 amide bonds. The summed E-state index contributed by atoms with van der Waals surface area (Å²) < 4.78 is 0. The van der Waals surface area contributed by atoms with Gasteiger partial charge in [-0.1, -0.05) is 31.9 Å². The van der Waals surface area contributed by atoms with Crippen LogP contribution in [0.25, 0.3) is 0 Å². The summed E-state index contributed by atoms with van der Waals surface area (Å²) in [6, 6.07) is 0. The summed E-state index contributed by atoms with van der Waals surface area (Å²) in [7, 11) is 0. The first-order valence-electron chi connectivity index (χ1n) is 9.30. The molecule has 2 nitrogen and oxygen atoms in total. The summed E-state index contributed by atoms with van der Waals surface area (Å²) in [4.78, 5) is 11.7. The van der Waals surface area contributed by atoms with Crippen molar-refractivity contribution in [1.29, 1.82) is 0 Å². The first-order valence-corrected chi connectivity index (χ1v) is 9.30. The smallest absolute Gasteiger partial charge is 0.156 e. The van der Waals surface area contributed by atoms with Crippen molar-refractivity contribution < 1.29 is 9.90 Å². The molecule has 24 heavy (non-hydrogen) atoms. The van der Waals surface area contributed by atoms with E-state index in [-0.39, 0.29) is 17.1 Å². The second-order valence-electron chi connectivity index (χ2n) is 8.19. The van der Waals surface area contributed by atoms with Crippen LogP contribution in [0, 0.1) is 35.5 Å². The summed E-state index contributed by atoms with van der Waals surface area (Å²) >= 11 is 0. The number of aliphatic hydroxyl groups is 1. The van der Waals surface area contributed by atoms with Crippen molar-refractivity contribution in [3.05, 3.63) is 34.9 Å². The fourth-order valence-corrected chi connectivity index (χ4v) is 5.92. The minimum absolute atomic E-state index is 0.163.